The van der Waals surface area contributed by atoms with Gasteiger partial charge in [-0.1, -0.05) is 23.7 Å². The third-order valence-corrected chi connectivity index (χ3v) is 4.76. The van der Waals surface area contributed by atoms with Gasteiger partial charge in [-0.25, -0.2) is 13.2 Å². The van der Waals surface area contributed by atoms with E-state index in [4.69, 9.17) is 16.3 Å². The molecule has 2 aliphatic heterocycles. The maximum atomic E-state index is 12.3. The van der Waals surface area contributed by atoms with E-state index in [2.05, 4.69) is 4.40 Å². The van der Waals surface area contributed by atoms with Crippen molar-refractivity contribution in [2.75, 3.05) is 12.3 Å². The fourth-order valence-electron chi connectivity index (χ4n) is 2.18. The summed E-state index contributed by atoms with van der Waals surface area (Å²) in [5.41, 5.74) is 0.912. The largest absolute Gasteiger partial charge is 0.457 e. The van der Waals surface area contributed by atoms with E-state index in [1.807, 2.05) is 0 Å². The quantitative estimate of drug-likeness (QED) is 0.776. The Hall–Kier alpha value is -2.12. The maximum absolute atomic E-state index is 12.3. The minimum absolute atomic E-state index is 0.0666. The molecule has 3 rings (SSSR count). The van der Waals surface area contributed by atoms with Crippen molar-refractivity contribution < 1.29 is 17.9 Å². The van der Waals surface area contributed by atoms with Gasteiger partial charge in [0.25, 0.3) is 10.0 Å². The summed E-state index contributed by atoms with van der Waals surface area (Å²) in [4.78, 5) is 13.9. The predicted molar refractivity (Wildman–Crippen MR) is 86.4 cm³/mol. The number of carbonyl (C=O) groups is 1. The Morgan fingerprint density at radius 1 is 1.30 bits per heavy atom. The van der Waals surface area contributed by atoms with Crippen molar-refractivity contribution in [2.45, 2.75) is 6.61 Å². The third kappa shape index (κ3) is 3.62. The molecular formula is C15H13ClN2O4S. The molecule has 0 amide bonds. The summed E-state index contributed by atoms with van der Waals surface area (Å²) in [7, 11) is -3.54. The average molecular weight is 353 g/mol. The van der Waals surface area contributed by atoms with Gasteiger partial charge in [-0.15, -0.1) is 4.40 Å². The Bertz CT molecular complexity index is 826. The highest BCUT2D eigenvalue weighted by molar-refractivity contribution is 7.90. The van der Waals surface area contributed by atoms with Gasteiger partial charge in [0.1, 0.15) is 12.2 Å². The van der Waals surface area contributed by atoms with Crippen LogP contribution in [0.25, 0.3) is 0 Å². The van der Waals surface area contributed by atoms with E-state index in [9.17, 15) is 13.2 Å². The molecule has 0 fully saturated rings. The number of nitrogens with zero attached hydrogens (tertiary/aromatic N) is 2. The number of rotatable bonds is 3. The molecule has 0 spiro atoms. The van der Waals surface area contributed by atoms with E-state index in [1.165, 1.54) is 6.08 Å². The highest BCUT2D eigenvalue weighted by Gasteiger charge is 2.30. The van der Waals surface area contributed by atoms with Crippen LogP contribution in [0.3, 0.4) is 0 Å². The normalized spacial score (nSPS) is 18.7. The molecule has 0 aliphatic carbocycles. The SMILES string of the molecule is O=C(OCc1ccc(Cl)cc1)C1=CC=CN2CCS(=O)(=O)N=C12. The van der Waals surface area contributed by atoms with Crippen molar-refractivity contribution in [3.63, 3.8) is 0 Å². The molecule has 0 atom stereocenters. The second-order valence-electron chi connectivity index (χ2n) is 5.02. The first-order chi connectivity index (χ1) is 10.9. The Morgan fingerprint density at radius 2 is 2.04 bits per heavy atom. The average Bonchev–Trinajstić information content (AvgIpc) is 2.52. The molecule has 2 heterocycles. The standard InChI is InChI=1S/C15H13ClN2O4S/c16-12-5-3-11(4-6-12)10-22-15(19)13-2-1-7-18-8-9-23(20,21)17-14(13)18/h1-7H,8-10H2. The van der Waals surface area contributed by atoms with Crippen LogP contribution in [-0.2, 0) is 26.2 Å². The van der Waals surface area contributed by atoms with Gasteiger partial charge in [0.05, 0.1) is 5.75 Å². The van der Waals surface area contributed by atoms with Crippen LogP contribution in [0, 0.1) is 0 Å². The molecule has 0 bridgehead atoms. The minimum atomic E-state index is -3.54. The summed E-state index contributed by atoms with van der Waals surface area (Å²) in [5.74, 6) is -0.585. The Labute approximate surface area is 138 Å². The van der Waals surface area contributed by atoms with E-state index in [-0.39, 0.29) is 30.3 Å². The monoisotopic (exact) mass is 352 g/mol. The number of esters is 1. The molecule has 120 valence electrons. The molecule has 0 saturated heterocycles. The summed E-state index contributed by atoms with van der Waals surface area (Å²) < 4.78 is 32.2. The van der Waals surface area contributed by atoms with Crippen LogP contribution in [0.5, 0.6) is 0 Å². The second kappa shape index (κ2) is 6.17. The number of halogens is 1. The lowest BCUT2D eigenvalue weighted by Crippen LogP contribution is -2.40. The number of allylic oxidation sites excluding steroid dienone is 2. The fraction of sp³-hybridized carbons (Fsp3) is 0.200. The van der Waals surface area contributed by atoms with Crippen LogP contribution in [0.2, 0.25) is 5.02 Å². The molecule has 23 heavy (non-hydrogen) atoms. The predicted octanol–water partition coefficient (Wildman–Crippen LogP) is 1.88. The van der Waals surface area contributed by atoms with Gasteiger partial charge in [-0.05, 0) is 29.8 Å². The van der Waals surface area contributed by atoms with E-state index >= 15 is 0 Å². The number of amidine groups is 1. The van der Waals surface area contributed by atoms with Crippen LogP contribution in [-0.4, -0.2) is 37.4 Å². The maximum Gasteiger partial charge on any atom is 0.342 e. The van der Waals surface area contributed by atoms with Gasteiger partial charge in [0.2, 0.25) is 0 Å². The van der Waals surface area contributed by atoms with Gasteiger partial charge >= 0.3 is 5.97 Å². The molecule has 0 unspecified atom stereocenters. The summed E-state index contributed by atoms with van der Waals surface area (Å²) in [5, 5.41) is 0.595. The van der Waals surface area contributed by atoms with Gasteiger partial charge in [0.15, 0.2) is 5.84 Å². The smallest absolute Gasteiger partial charge is 0.342 e. The van der Waals surface area contributed by atoms with Crippen molar-refractivity contribution in [2.24, 2.45) is 4.40 Å². The number of ether oxygens (including phenoxy) is 1. The Morgan fingerprint density at radius 3 is 2.78 bits per heavy atom. The summed E-state index contributed by atoms with van der Waals surface area (Å²) in [6.07, 6.45) is 4.85. The zero-order chi connectivity index (χ0) is 16.4. The Balaban J connectivity index is 1.76. The number of carbonyl (C=O) groups excluding carboxylic acids is 1. The molecule has 0 saturated carbocycles. The van der Waals surface area contributed by atoms with Crippen LogP contribution in [0.15, 0.2) is 52.6 Å². The van der Waals surface area contributed by atoms with Gasteiger partial charge in [0, 0.05) is 17.8 Å². The third-order valence-electron chi connectivity index (χ3n) is 3.36. The van der Waals surface area contributed by atoms with Gasteiger partial charge in [-0.2, -0.15) is 0 Å². The van der Waals surface area contributed by atoms with Crippen LogP contribution in [0.1, 0.15) is 5.56 Å². The molecule has 8 heteroatoms. The zero-order valence-corrected chi connectivity index (χ0v) is 13.5. The van der Waals surface area contributed by atoms with Crippen molar-refractivity contribution >= 4 is 33.4 Å². The van der Waals surface area contributed by atoms with Gasteiger partial charge in [-0.3, -0.25) is 0 Å². The lowest BCUT2D eigenvalue weighted by atomic mass is 10.1. The van der Waals surface area contributed by atoms with Crippen LogP contribution in [0.4, 0.5) is 0 Å². The van der Waals surface area contributed by atoms with Crippen molar-refractivity contribution in [1.82, 2.24) is 4.90 Å². The topological polar surface area (TPSA) is 76.0 Å². The van der Waals surface area contributed by atoms with Crippen LogP contribution >= 0.6 is 11.6 Å². The van der Waals surface area contributed by atoms with E-state index in [0.29, 0.717) is 5.02 Å². The van der Waals surface area contributed by atoms with Crippen molar-refractivity contribution in [3.05, 3.63) is 58.8 Å². The molecule has 1 aromatic rings. The number of hydrogen-bond acceptors (Lipinski definition) is 5. The van der Waals surface area contributed by atoms with E-state index in [1.54, 1.807) is 41.4 Å². The highest BCUT2D eigenvalue weighted by Crippen LogP contribution is 2.19. The molecule has 2 aliphatic rings. The molecule has 0 radical (unpaired) electrons. The number of sulfonamides is 1. The molecular weight excluding hydrogens is 340 g/mol. The zero-order valence-electron chi connectivity index (χ0n) is 12.0. The summed E-state index contributed by atoms with van der Waals surface area (Å²) in [6, 6.07) is 6.90. The molecule has 6 nitrogen and oxygen atoms in total. The number of hydrogen-bond donors (Lipinski definition) is 0. The molecule has 0 N–H and O–H groups in total. The summed E-state index contributed by atoms with van der Waals surface area (Å²) in [6.45, 7) is 0.330. The lowest BCUT2D eigenvalue weighted by Gasteiger charge is -2.28. The van der Waals surface area contributed by atoms with Crippen molar-refractivity contribution in [1.29, 1.82) is 0 Å². The molecule has 0 aromatic heterocycles. The second-order valence-corrected chi connectivity index (χ2v) is 7.21. The van der Waals surface area contributed by atoms with Gasteiger partial charge < -0.3 is 9.64 Å². The summed E-state index contributed by atoms with van der Waals surface area (Å²) >= 11 is 5.80. The Kier molecular flexibility index (Phi) is 4.23. The number of fused-ring (bicyclic) bond motifs is 1. The van der Waals surface area contributed by atoms with E-state index < -0.39 is 16.0 Å². The molecule has 1 aromatic carbocycles. The van der Waals surface area contributed by atoms with Crippen LogP contribution < -0.4 is 0 Å². The first kappa shape index (κ1) is 15.8. The fourth-order valence-corrected chi connectivity index (χ4v) is 3.29. The first-order valence-electron chi connectivity index (χ1n) is 6.84. The van der Waals surface area contributed by atoms with E-state index in [0.717, 1.165) is 5.56 Å². The highest BCUT2D eigenvalue weighted by atomic mass is 35.5. The first-order valence-corrected chi connectivity index (χ1v) is 8.83. The number of benzene rings is 1. The lowest BCUT2D eigenvalue weighted by molar-refractivity contribution is -0.139. The minimum Gasteiger partial charge on any atom is -0.457 e. The van der Waals surface area contributed by atoms with Crippen molar-refractivity contribution in [3.8, 4) is 0 Å².